The molecule has 160 valence electrons. The highest BCUT2D eigenvalue weighted by atomic mass is 16.2. The summed E-state index contributed by atoms with van der Waals surface area (Å²) in [6, 6.07) is 5.63. The Morgan fingerprint density at radius 1 is 1.26 bits per heavy atom. The number of carbonyl (C=O) groups is 1. The van der Waals surface area contributed by atoms with Crippen LogP contribution >= 0.6 is 0 Å². The van der Waals surface area contributed by atoms with Crippen LogP contribution in [0.5, 0.6) is 0 Å². The van der Waals surface area contributed by atoms with Crippen molar-refractivity contribution in [2.45, 2.75) is 38.1 Å². The van der Waals surface area contributed by atoms with Crippen molar-refractivity contribution in [3.63, 3.8) is 0 Å². The normalized spacial score (nSPS) is 17.6. The number of nitrogens with zero attached hydrogens (tertiary/aromatic N) is 6. The van der Waals surface area contributed by atoms with Gasteiger partial charge in [0.1, 0.15) is 11.9 Å². The fourth-order valence-corrected chi connectivity index (χ4v) is 4.39. The monoisotopic (exact) mass is 418 g/mol. The molecule has 31 heavy (non-hydrogen) atoms. The van der Waals surface area contributed by atoms with Crippen molar-refractivity contribution in [3.05, 3.63) is 41.9 Å². The van der Waals surface area contributed by atoms with Crippen LogP contribution in [0, 0.1) is 0 Å². The van der Waals surface area contributed by atoms with E-state index in [0.717, 1.165) is 67.0 Å². The van der Waals surface area contributed by atoms with Crippen molar-refractivity contribution in [1.29, 1.82) is 0 Å². The Balaban J connectivity index is 1.45. The number of nitrogens with one attached hydrogen (secondary N) is 2. The van der Waals surface area contributed by atoms with Crippen LogP contribution < -0.4 is 10.2 Å². The predicted molar refractivity (Wildman–Crippen MR) is 118 cm³/mol. The molecule has 1 aliphatic carbocycles. The summed E-state index contributed by atoms with van der Waals surface area (Å²) in [4.78, 5) is 30.3. The van der Waals surface area contributed by atoms with Crippen LogP contribution in [0.3, 0.4) is 0 Å². The Morgan fingerprint density at radius 3 is 2.97 bits per heavy atom. The first-order chi connectivity index (χ1) is 15.1. The van der Waals surface area contributed by atoms with Gasteiger partial charge in [0, 0.05) is 50.2 Å². The molecule has 3 aromatic heterocycles. The number of rotatable bonds is 5. The lowest BCUT2D eigenvalue weighted by Crippen LogP contribution is -2.43. The van der Waals surface area contributed by atoms with Gasteiger partial charge in [0.2, 0.25) is 11.9 Å². The van der Waals surface area contributed by atoms with E-state index in [4.69, 9.17) is 9.97 Å². The van der Waals surface area contributed by atoms with Crippen molar-refractivity contribution in [2.24, 2.45) is 0 Å². The minimum Gasteiger partial charge on any atom is -0.347 e. The number of hydrogen-bond acceptors (Lipinski definition) is 7. The minimum absolute atomic E-state index is 0.101. The summed E-state index contributed by atoms with van der Waals surface area (Å²) in [6.07, 6.45) is 8.27. The van der Waals surface area contributed by atoms with Gasteiger partial charge in [-0.1, -0.05) is 0 Å². The molecule has 1 atom stereocenters. The Hall–Kier alpha value is -3.49. The minimum atomic E-state index is -0.204. The zero-order valence-corrected chi connectivity index (χ0v) is 17.8. The molecule has 1 fully saturated rings. The number of aromatic amines is 1. The second kappa shape index (κ2) is 7.98. The maximum Gasteiger partial charge on any atom is 0.244 e. The second-order valence-electron chi connectivity index (χ2n) is 8.27. The molecule has 9 heteroatoms. The SMILES string of the molecule is CN(C)C(=O)[C@@H]1CCCN1c1nc2c(c(Nc3cc(-c4cccnc4)[nH]n3)n1)CCC2. The van der Waals surface area contributed by atoms with E-state index in [1.165, 1.54) is 0 Å². The average Bonchev–Trinajstić information content (AvgIpc) is 3.53. The molecule has 4 heterocycles. The zero-order chi connectivity index (χ0) is 21.4. The van der Waals surface area contributed by atoms with Crippen LogP contribution in [0.4, 0.5) is 17.6 Å². The number of fused-ring (bicyclic) bond motifs is 1. The summed E-state index contributed by atoms with van der Waals surface area (Å²) in [6.45, 7) is 0.788. The quantitative estimate of drug-likeness (QED) is 0.656. The van der Waals surface area contributed by atoms with E-state index in [9.17, 15) is 4.79 Å². The standard InChI is InChI=1S/C22H26N8O/c1-29(2)21(31)18-9-5-11-30(18)22-24-16-8-3-7-15(16)20(26-22)25-19-12-17(27-28-19)14-6-4-10-23-13-14/h4,6,10,12-13,18H,3,5,7-9,11H2,1-2H3,(H2,24,25,26,27,28)/t18-/m0/s1. The Bertz CT molecular complexity index is 1090. The van der Waals surface area contributed by atoms with E-state index in [2.05, 4.69) is 25.4 Å². The summed E-state index contributed by atoms with van der Waals surface area (Å²) in [5, 5.41) is 10.9. The maximum atomic E-state index is 12.7. The average molecular weight is 419 g/mol. The smallest absolute Gasteiger partial charge is 0.244 e. The molecule has 0 bridgehead atoms. The predicted octanol–water partition coefficient (Wildman–Crippen LogP) is 2.55. The number of carbonyl (C=O) groups excluding carboxylic acids is 1. The van der Waals surface area contributed by atoms with Gasteiger partial charge >= 0.3 is 0 Å². The van der Waals surface area contributed by atoms with Crippen LogP contribution in [0.2, 0.25) is 0 Å². The first-order valence-corrected chi connectivity index (χ1v) is 10.7. The number of likely N-dealkylation sites (N-methyl/N-ethyl adjacent to an activating group) is 1. The highest BCUT2D eigenvalue weighted by molar-refractivity contribution is 5.85. The Kier molecular flexibility index (Phi) is 5.01. The molecule has 0 aromatic carbocycles. The third kappa shape index (κ3) is 3.71. The Labute approximate surface area is 180 Å². The van der Waals surface area contributed by atoms with E-state index in [-0.39, 0.29) is 11.9 Å². The van der Waals surface area contributed by atoms with Gasteiger partial charge in [-0.05, 0) is 44.2 Å². The number of H-pyrrole nitrogens is 1. The van der Waals surface area contributed by atoms with Crippen molar-refractivity contribution in [1.82, 2.24) is 30.0 Å². The van der Waals surface area contributed by atoms with Gasteiger partial charge in [-0.15, -0.1) is 0 Å². The van der Waals surface area contributed by atoms with Crippen molar-refractivity contribution >= 4 is 23.5 Å². The van der Waals surface area contributed by atoms with E-state index >= 15 is 0 Å². The summed E-state index contributed by atoms with van der Waals surface area (Å²) >= 11 is 0. The lowest BCUT2D eigenvalue weighted by molar-refractivity contribution is -0.129. The maximum absolute atomic E-state index is 12.7. The largest absolute Gasteiger partial charge is 0.347 e. The molecule has 0 radical (unpaired) electrons. The molecule has 2 N–H and O–H groups in total. The molecule has 0 unspecified atom stereocenters. The number of aryl methyl sites for hydroxylation is 1. The summed E-state index contributed by atoms with van der Waals surface area (Å²) in [7, 11) is 3.60. The summed E-state index contributed by atoms with van der Waals surface area (Å²) < 4.78 is 0. The van der Waals surface area contributed by atoms with Crippen molar-refractivity contribution in [3.8, 4) is 11.3 Å². The van der Waals surface area contributed by atoms with E-state index in [1.54, 1.807) is 31.4 Å². The van der Waals surface area contributed by atoms with Crippen LogP contribution in [-0.2, 0) is 17.6 Å². The van der Waals surface area contributed by atoms with E-state index < -0.39 is 0 Å². The molecule has 3 aromatic rings. The molecule has 1 amide bonds. The van der Waals surface area contributed by atoms with Gasteiger partial charge in [-0.2, -0.15) is 10.1 Å². The summed E-state index contributed by atoms with van der Waals surface area (Å²) in [5.74, 6) is 2.21. The lowest BCUT2D eigenvalue weighted by Gasteiger charge is -2.27. The Morgan fingerprint density at radius 2 is 2.16 bits per heavy atom. The van der Waals surface area contributed by atoms with Gasteiger partial charge in [0.25, 0.3) is 0 Å². The third-order valence-corrected chi connectivity index (χ3v) is 5.95. The number of amides is 1. The van der Waals surface area contributed by atoms with Gasteiger partial charge in [-0.3, -0.25) is 14.9 Å². The van der Waals surface area contributed by atoms with Gasteiger partial charge < -0.3 is 15.1 Å². The van der Waals surface area contributed by atoms with Crippen LogP contribution in [0.1, 0.15) is 30.5 Å². The molecule has 2 aliphatic rings. The molecule has 9 nitrogen and oxygen atoms in total. The third-order valence-electron chi connectivity index (χ3n) is 5.95. The van der Waals surface area contributed by atoms with Gasteiger partial charge in [-0.25, -0.2) is 4.98 Å². The fraction of sp³-hybridized carbons (Fsp3) is 0.409. The molecule has 0 saturated carbocycles. The molecule has 1 saturated heterocycles. The van der Waals surface area contributed by atoms with Crippen LogP contribution in [0.25, 0.3) is 11.3 Å². The first-order valence-electron chi connectivity index (χ1n) is 10.7. The van der Waals surface area contributed by atoms with E-state index in [1.807, 2.05) is 18.2 Å². The molecule has 5 rings (SSSR count). The van der Waals surface area contributed by atoms with Crippen LogP contribution in [-0.4, -0.2) is 62.6 Å². The molecule has 0 spiro atoms. The van der Waals surface area contributed by atoms with Gasteiger partial charge in [0.15, 0.2) is 5.82 Å². The van der Waals surface area contributed by atoms with Gasteiger partial charge in [0.05, 0.1) is 11.4 Å². The second-order valence-corrected chi connectivity index (χ2v) is 8.27. The number of anilines is 3. The first kappa shape index (κ1) is 19.5. The van der Waals surface area contributed by atoms with Crippen LogP contribution in [0.15, 0.2) is 30.6 Å². The number of aromatic nitrogens is 5. The highest BCUT2D eigenvalue weighted by Gasteiger charge is 2.34. The zero-order valence-electron chi connectivity index (χ0n) is 17.8. The van der Waals surface area contributed by atoms with Crippen molar-refractivity contribution in [2.75, 3.05) is 30.9 Å². The molecular weight excluding hydrogens is 392 g/mol. The fourth-order valence-electron chi connectivity index (χ4n) is 4.39. The molecular formula is C22H26N8O. The molecule has 1 aliphatic heterocycles. The highest BCUT2D eigenvalue weighted by Crippen LogP contribution is 2.33. The number of hydrogen-bond donors (Lipinski definition) is 2. The van der Waals surface area contributed by atoms with E-state index in [0.29, 0.717) is 11.8 Å². The lowest BCUT2D eigenvalue weighted by atomic mass is 10.2. The number of pyridine rings is 1. The summed E-state index contributed by atoms with van der Waals surface area (Å²) in [5.41, 5.74) is 4.07. The van der Waals surface area contributed by atoms with Crippen molar-refractivity contribution < 1.29 is 4.79 Å². The topological polar surface area (TPSA) is 103 Å².